The van der Waals surface area contributed by atoms with Crippen LogP contribution in [0.3, 0.4) is 0 Å². The summed E-state index contributed by atoms with van der Waals surface area (Å²) >= 11 is 6.05. The Bertz CT molecular complexity index is 697. The Hall–Kier alpha value is -2.14. The van der Waals surface area contributed by atoms with E-state index in [1.54, 1.807) is 31.6 Å². The molecule has 0 aliphatic rings. The topological polar surface area (TPSA) is 66.1 Å². The van der Waals surface area contributed by atoms with Gasteiger partial charge in [0.1, 0.15) is 5.56 Å². The maximum absolute atomic E-state index is 12.0. The standard InChI is InChI=1S/C14H14ClN3O2/c1-3-18(2)14(20)9-4-5-12(17-13(9)19)10-8-16-7-6-11(10)15/h4-8H,3H2,1-2H3,(H,17,19). The number of rotatable bonds is 3. The van der Waals surface area contributed by atoms with Gasteiger partial charge in [-0.2, -0.15) is 0 Å². The Morgan fingerprint density at radius 1 is 1.40 bits per heavy atom. The molecule has 6 heteroatoms. The fourth-order valence-electron chi connectivity index (χ4n) is 1.72. The number of hydrogen-bond donors (Lipinski definition) is 1. The van der Waals surface area contributed by atoms with E-state index in [0.717, 1.165) is 0 Å². The minimum atomic E-state index is -0.437. The molecule has 0 fully saturated rings. The second-order valence-electron chi connectivity index (χ2n) is 4.29. The number of nitrogens with zero attached hydrogens (tertiary/aromatic N) is 2. The van der Waals surface area contributed by atoms with Crippen molar-refractivity contribution in [1.29, 1.82) is 0 Å². The quantitative estimate of drug-likeness (QED) is 0.942. The van der Waals surface area contributed by atoms with Crippen LogP contribution in [0.5, 0.6) is 0 Å². The smallest absolute Gasteiger partial charge is 0.261 e. The first-order chi connectivity index (χ1) is 9.54. The Kier molecular flexibility index (Phi) is 4.20. The lowest BCUT2D eigenvalue weighted by Gasteiger charge is -2.14. The van der Waals surface area contributed by atoms with Crippen LogP contribution in [-0.4, -0.2) is 34.4 Å². The highest BCUT2D eigenvalue weighted by Gasteiger charge is 2.15. The lowest BCUT2D eigenvalue weighted by atomic mass is 10.1. The van der Waals surface area contributed by atoms with Gasteiger partial charge in [-0.15, -0.1) is 0 Å². The van der Waals surface area contributed by atoms with Gasteiger partial charge in [-0.3, -0.25) is 14.6 Å². The molecule has 2 rings (SSSR count). The van der Waals surface area contributed by atoms with Crippen molar-refractivity contribution in [2.75, 3.05) is 13.6 Å². The molecule has 0 aromatic carbocycles. The summed E-state index contributed by atoms with van der Waals surface area (Å²) in [5.74, 6) is -0.308. The zero-order chi connectivity index (χ0) is 14.7. The molecule has 0 aliphatic carbocycles. The average molecular weight is 292 g/mol. The van der Waals surface area contributed by atoms with E-state index in [0.29, 0.717) is 22.8 Å². The largest absolute Gasteiger partial charge is 0.342 e. The van der Waals surface area contributed by atoms with Crippen molar-refractivity contribution >= 4 is 17.5 Å². The number of aromatic nitrogens is 2. The van der Waals surface area contributed by atoms with Crippen molar-refractivity contribution in [3.8, 4) is 11.3 Å². The first-order valence-corrected chi connectivity index (χ1v) is 6.51. The molecule has 0 bridgehead atoms. The van der Waals surface area contributed by atoms with Crippen molar-refractivity contribution in [3.05, 3.63) is 51.5 Å². The third kappa shape index (κ3) is 2.72. The number of hydrogen-bond acceptors (Lipinski definition) is 3. The maximum Gasteiger partial charge on any atom is 0.261 e. The summed E-state index contributed by atoms with van der Waals surface area (Å²) in [5, 5.41) is 0.486. The molecule has 0 saturated heterocycles. The third-order valence-corrected chi connectivity index (χ3v) is 3.35. The number of amides is 1. The van der Waals surface area contributed by atoms with Crippen LogP contribution in [0.15, 0.2) is 35.4 Å². The summed E-state index contributed by atoms with van der Waals surface area (Å²) in [6.45, 7) is 2.38. The Balaban J connectivity index is 2.44. The second-order valence-corrected chi connectivity index (χ2v) is 4.70. The van der Waals surface area contributed by atoms with Gasteiger partial charge in [0.2, 0.25) is 0 Å². The number of H-pyrrole nitrogens is 1. The molecule has 0 atom stereocenters. The highest BCUT2D eigenvalue weighted by Crippen LogP contribution is 2.24. The number of carbonyl (C=O) groups is 1. The molecule has 1 N–H and O–H groups in total. The van der Waals surface area contributed by atoms with Gasteiger partial charge in [0.05, 0.1) is 10.7 Å². The fourth-order valence-corrected chi connectivity index (χ4v) is 1.93. The van der Waals surface area contributed by atoms with E-state index in [-0.39, 0.29) is 11.5 Å². The molecule has 2 aromatic rings. The van der Waals surface area contributed by atoms with E-state index in [4.69, 9.17) is 11.6 Å². The molecule has 2 aromatic heterocycles. The van der Waals surface area contributed by atoms with Crippen LogP contribution < -0.4 is 5.56 Å². The molecule has 5 nitrogen and oxygen atoms in total. The highest BCUT2D eigenvalue weighted by atomic mass is 35.5. The van der Waals surface area contributed by atoms with Gasteiger partial charge in [0.25, 0.3) is 11.5 Å². The fraction of sp³-hybridized carbons (Fsp3) is 0.214. The van der Waals surface area contributed by atoms with Crippen LogP contribution in [0.1, 0.15) is 17.3 Å². The summed E-state index contributed by atoms with van der Waals surface area (Å²) in [6, 6.07) is 4.80. The number of nitrogens with one attached hydrogen (secondary N) is 1. The monoisotopic (exact) mass is 291 g/mol. The Morgan fingerprint density at radius 2 is 2.15 bits per heavy atom. The summed E-state index contributed by atoms with van der Waals surface area (Å²) in [7, 11) is 1.65. The Labute approximate surface area is 121 Å². The normalized spacial score (nSPS) is 10.3. The van der Waals surface area contributed by atoms with Gasteiger partial charge >= 0.3 is 0 Å². The molecule has 0 aliphatic heterocycles. The number of halogens is 1. The van der Waals surface area contributed by atoms with E-state index >= 15 is 0 Å². The molecule has 0 unspecified atom stereocenters. The van der Waals surface area contributed by atoms with Crippen LogP contribution in [0.4, 0.5) is 0 Å². The van der Waals surface area contributed by atoms with Crippen LogP contribution in [-0.2, 0) is 0 Å². The predicted molar refractivity (Wildman–Crippen MR) is 77.9 cm³/mol. The maximum atomic E-state index is 12.0. The van der Waals surface area contributed by atoms with Crippen molar-refractivity contribution < 1.29 is 4.79 Å². The van der Waals surface area contributed by atoms with Gasteiger partial charge in [-0.25, -0.2) is 0 Å². The first kappa shape index (κ1) is 14.3. The zero-order valence-corrected chi connectivity index (χ0v) is 11.9. The molecule has 20 heavy (non-hydrogen) atoms. The molecule has 0 saturated carbocycles. The Morgan fingerprint density at radius 3 is 2.75 bits per heavy atom. The number of carbonyl (C=O) groups excluding carboxylic acids is 1. The molecule has 0 radical (unpaired) electrons. The van der Waals surface area contributed by atoms with E-state index in [1.165, 1.54) is 11.0 Å². The van der Waals surface area contributed by atoms with E-state index in [9.17, 15) is 9.59 Å². The van der Waals surface area contributed by atoms with Crippen LogP contribution in [0, 0.1) is 0 Å². The lowest BCUT2D eigenvalue weighted by Crippen LogP contribution is -2.31. The van der Waals surface area contributed by atoms with Gasteiger partial charge in [0.15, 0.2) is 0 Å². The predicted octanol–water partition coefficient (Wildman–Crippen LogP) is 2.18. The van der Waals surface area contributed by atoms with Gasteiger partial charge in [-0.05, 0) is 25.1 Å². The van der Waals surface area contributed by atoms with Crippen LogP contribution in [0.2, 0.25) is 5.02 Å². The first-order valence-electron chi connectivity index (χ1n) is 6.13. The van der Waals surface area contributed by atoms with Crippen LogP contribution in [0.25, 0.3) is 11.3 Å². The van der Waals surface area contributed by atoms with Crippen molar-refractivity contribution in [2.45, 2.75) is 6.92 Å². The minimum absolute atomic E-state index is 0.109. The highest BCUT2D eigenvalue weighted by molar-refractivity contribution is 6.33. The van der Waals surface area contributed by atoms with E-state index in [1.807, 2.05) is 6.92 Å². The van der Waals surface area contributed by atoms with E-state index < -0.39 is 5.56 Å². The SMILES string of the molecule is CCN(C)C(=O)c1ccc(-c2cnccc2Cl)[nH]c1=O. The molecule has 0 spiro atoms. The van der Waals surface area contributed by atoms with Crippen molar-refractivity contribution in [2.24, 2.45) is 0 Å². The van der Waals surface area contributed by atoms with Crippen molar-refractivity contribution in [1.82, 2.24) is 14.9 Å². The summed E-state index contributed by atoms with van der Waals surface area (Å²) < 4.78 is 0. The van der Waals surface area contributed by atoms with Gasteiger partial charge < -0.3 is 9.88 Å². The molecular formula is C14H14ClN3O2. The number of pyridine rings is 2. The van der Waals surface area contributed by atoms with Crippen LogP contribution >= 0.6 is 11.6 Å². The lowest BCUT2D eigenvalue weighted by molar-refractivity contribution is 0.0800. The molecule has 2 heterocycles. The molecule has 104 valence electrons. The second kappa shape index (κ2) is 5.88. The minimum Gasteiger partial charge on any atom is -0.342 e. The summed E-state index contributed by atoms with van der Waals surface area (Å²) in [5.41, 5.74) is 0.823. The summed E-state index contributed by atoms with van der Waals surface area (Å²) in [6.07, 6.45) is 3.13. The molecular weight excluding hydrogens is 278 g/mol. The number of aromatic amines is 1. The average Bonchev–Trinajstić information content (AvgIpc) is 2.46. The molecule has 1 amide bonds. The third-order valence-electron chi connectivity index (χ3n) is 3.02. The van der Waals surface area contributed by atoms with Gasteiger partial charge in [-0.1, -0.05) is 11.6 Å². The van der Waals surface area contributed by atoms with Gasteiger partial charge in [0, 0.05) is 31.5 Å². The van der Waals surface area contributed by atoms with Crippen molar-refractivity contribution in [3.63, 3.8) is 0 Å². The zero-order valence-electron chi connectivity index (χ0n) is 11.2. The summed E-state index contributed by atoms with van der Waals surface area (Å²) in [4.78, 5) is 32.1. The van der Waals surface area contributed by atoms with E-state index in [2.05, 4.69) is 9.97 Å².